The van der Waals surface area contributed by atoms with Gasteiger partial charge in [0.2, 0.25) is 0 Å². The monoisotopic (exact) mass is 281 g/mol. The molecule has 7 heteroatoms. The molecule has 0 radical (unpaired) electrons. The molecule has 4 N–H and O–H groups in total. The van der Waals surface area contributed by atoms with Crippen molar-refractivity contribution in [2.24, 2.45) is 5.73 Å². The number of amides is 3. The zero-order valence-corrected chi connectivity index (χ0v) is 11.4. The molecular weight excluding hydrogens is 266 g/mol. The lowest BCUT2D eigenvalue weighted by Crippen LogP contribution is -2.43. The number of nitrogens with one attached hydrogen (secondary N) is 2. The van der Waals surface area contributed by atoms with Gasteiger partial charge in [-0.05, 0) is 31.2 Å². The van der Waals surface area contributed by atoms with E-state index in [4.69, 9.17) is 22.7 Å². The van der Waals surface area contributed by atoms with E-state index in [9.17, 15) is 9.59 Å². The smallest absolute Gasteiger partial charge is 0.321 e. The van der Waals surface area contributed by atoms with Crippen molar-refractivity contribution < 1.29 is 14.3 Å². The van der Waals surface area contributed by atoms with Gasteiger partial charge in [-0.1, -0.05) is 12.2 Å². The van der Waals surface area contributed by atoms with E-state index in [-0.39, 0.29) is 4.99 Å². The van der Waals surface area contributed by atoms with Crippen molar-refractivity contribution in [3.05, 3.63) is 29.8 Å². The summed E-state index contributed by atoms with van der Waals surface area (Å²) < 4.78 is 5.38. The summed E-state index contributed by atoms with van der Waals surface area (Å²) >= 11 is 4.82. The quantitative estimate of drug-likeness (QED) is 0.701. The molecule has 0 fully saturated rings. The number of nitrogens with two attached hydrogens (primary N) is 1. The third kappa shape index (κ3) is 4.55. The molecular formula is C12H15N3O3S. The summed E-state index contributed by atoms with van der Waals surface area (Å²) in [6.45, 7) is 1.54. The molecule has 0 aliphatic heterocycles. The topological polar surface area (TPSA) is 93.5 Å². The fourth-order valence-electron chi connectivity index (χ4n) is 1.23. The lowest BCUT2D eigenvalue weighted by molar-refractivity contribution is -0.126. The highest BCUT2D eigenvalue weighted by molar-refractivity contribution is 7.80. The zero-order chi connectivity index (χ0) is 14.4. The maximum absolute atomic E-state index is 11.6. The molecule has 0 aromatic heterocycles. The second-order valence-corrected chi connectivity index (χ2v) is 4.16. The van der Waals surface area contributed by atoms with Crippen LogP contribution in [0.3, 0.4) is 0 Å². The molecule has 6 nitrogen and oxygen atoms in total. The van der Waals surface area contributed by atoms with Crippen LogP contribution in [-0.2, 0) is 4.79 Å². The Bertz CT molecular complexity index is 487. The van der Waals surface area contributed by atoms with Gasteiger partial charge in [0.1, 0.15) is 10.7 Å². The Balaban J connectivity index is 2.61. The van der Waals surface area contributed by atoms with Crippen LogP contribution in [-0.4, -0.2) is 30.1 Å². The molecule has 1 aromatic rings. The van der Waals surface area contributed by atoms with E-state index in [2.05, 4.69) is 10.6 Å². The Kier molecular flexibility index (Phi) is 5.25. The van der Waals surface area contributed by atoms with Gasteiger partial charge >= 0.3 is 6.03 Å². The van der Waals surface area contributed by atoms with E-state index in [0.717, 1.165) is 0 Å². The maximum Gasteiger partial charge on any atom is 0.321 e. The van der Waals surface area contributed by atoms with E-state index in [1.54, 1.807) is 31.2 Å². The molecule has 19 heavy (non-hydrogen) atoms. The third-order valence-corrected chi connectivity index (χ3v) is 2.52. The van der Waals surface area contributed by atoms with Gasteiger partial charge in [0.25, 0.3) is 5.91 Å². The van der Waals surface area contributed by atoms with Crippen LogP contribution in [0.1, 0.15) is 12.5 Å². The fourth-order valence-corrected chi connectivity index (χ4v) is 1.37. The first-order chi connectivity index (χ1) is 8.93. The molecule has 3 amide bonds. The molecule has 0 heterocycles. The molecule has 1 atom stereocenters. The summed E-state index contributed by atoms with van der Waals surface area (Å²) in [5.41, 5.74) is 6.18. The average molecular weight is 281 g/mol. The van der Waals surface area contributed by atoms with Gasteiger partial charge in [-0.2, -0.15) is 0 Å². The minimum Gasteiger partial charge on any atom is -0.481 e. The largest absolute Gasteiger partial charge is 0.481 e. The minimum absolute atomic E-state index is 0.289. The Labute approximate surface area is 116 Å². The number of carbonyl (C=O) groups is 2. The molecule has 0 saturated heterocycles. The summed E-state index contributed by atoms with van der Waals surface area (Å²) in [6, 6.07) is 6.11. The molecule has 102 valence electrons. The lowest BCUT2D eigenvalue weighted by atomic mass is 10.2. The number of benzene rings is 1. The van der Waals surface area contributed by atoms with Crippen LogP contribution >= 0.6 is 12.2 Å². The first-order valence-electron chi connectivity index (χ1n) is 5.53. The SMILES string of the molecule is CNC(=O)NC(=O)C(C)Oc1ccc(C(N)=S)cc1. The first-order valence-corrected chi connectivity index (χ1v) is 5.94. The summed E-state index contributed by atoms with van der Waals surface area (Å²) in [6.07, 6.45) is -0.798. The highest BCUT2D eigenvalue weighted by atomic mass is 32.1. The van der Waals surface area contributed by atoms with Crippen molar-refractivity contribution in [1.29, 1.82) is 0 Å². The van der Waals surface area contributed by atoms with Crippen LogP contribution in [0, 0.1) is 0 Å². The fraction of sp³-hybridized carbons (Fsp3) is 0.250. The predicted molar refractivity (Wildman–Crippen MR) is 75.0 cm³/mol. The lowest BCUT2D eigenvalue weighted by Gasteiger charge is -2.14. The highest BCUT2D eigenvalue weighted by Crippen LogP contribution is 2.13. The molecule has 0 aliphatic rings. The number of carbonyl (C=O) groups excluding carboxylic acids is 2. The van der Waals surface area contributed by atoms with Gasteiger partial charge < -0.3 is 15.8 Å². The number of urea groups is 1. The summed E-state index contributed by atoms with van der Waals surface area (Å²) in [7, 11) is 1.42. The standard InChI is InChI=1S/C12H15N3O3S/c1-7(11(16)15-12(17)14-2)18-9-5-3-8(4-6-9)10(13)19/h3-7H,1-2H3,(H2,13,19)(H2,14,15,16,17). The molecule has 1 rings (SSSR count). The van der Waals surface area contributed by atoms with Crippen molar-refractivity contribution in [3.63, 3.8) is 0 Å². The van der Waals surface area contributed by atoms with Crippen LogP contribution in [0.2, 0.25) is 0 Å². The van der Waals surface area contributed by atoms with E-state index >= 15 is 0 Å². The Morgan fingerprint density at radius 3 is 2.37 bits per heavy atom. The van der Waals surface area contributed by atoms with E-state index < -0.39 is 18.0 Å². The van der Waals surface area contributed by atoms with Crippen molar-refractivity contribution in [2.75, 3.05) is 7.05 Å². The zero-order valence-electron chi connectivity index (χ0n) is 10.6. The third-order valence-electron chi connectivity index (χ3n) is 2.28. The molecule has 0 aliphatic carbocycles. The van der Waals surface area contributed by atoms with Gasteiger partial charge in [-0.25, -0.2) is 4.79 Å². The molecule has 0 spiro atoms. The second kappa shape index (κ2) is 6.69. The normalized spacial score (nSPS) is 11.3. The first kappa shape index (κ1) is 14.9. The average Bonchev–Trinajstić information content (AvgIpc) is 2.38. The Hall–Kier alpha value is -2.15. The van der Waals surface area contributed by atoms with E-state index in [0.29, 0.717) is 11.3 Å². The number of imide groups is 1. The summed E-state index contributed by atoms with van der Waals surface area (Å²) in [4.78, 5) is 22.8. The number of rotatable bonds is 4. The van der Waals surface area contributed by atoms with Crippen molar-refractivity contribution in [2.45, 2.75) is 13.0 Å². The molecule has 0 bridgehead atoms. The minimum atomic E-state index is -0.798. The highest BCUT2D eigenvalue weighted by Gasteiger charge is 2.16. The van der Waals surface area contributed by atoms with E-state index in [1.807, 2.05) is 0 Å². The van der Waals surface area contributed by atoms with Gasteiger partial charge in [0.05, 0.1) is 0 Å². The Morgan fingerprint density at radius 1 is 1.32 bits per heavy atom. The summed E-state index contributed by atoms with van der Waals surface area (Å²) in [5, 5.41) is 4.40. The summed E-state index contributed by atoms with van der Waals surface area (Å²) in [5.74, 6) is -0.0441. The van der Waals surface area contributed by atoms with Crippen molar-refractivity contribution in [1.82, 2.24) is 10.6 Å². The van der Waals surface area contributed by atoms with Crippen molar-refractivity contribution >= 4 is 29.1 Å². The van der Waals surface area contributed by atoms with E-state index in [1.165, 1.54) is 7.05 Å². The molecule has 1 unspecified atom stereocenters. The van der Waals surface area contributed by atoms with Crippen LogP contribution in [0.25, 0.3) is 0 Å². The number of thiocarbonyl (C=S) groups is 1. The van der Waals surface area contributed by atoms with Gasteiger partial charge in [0.15, 0.2) is 6.10 Å². The number of hydrogen-bond acceptors (Lipinski definition) is 4. The van der Waals surface area contributed by atoms with Gasteiger partial charge in [0, 0.05) is 12.6 Å². The van der Waals surface area contributed by atoms with Crippen LogP contribution in [0.4, 0.5) is 4.79 Å². The number of hydrogen-bond donors (Lipinski definition) is 3. The van der Waals surface area contributed by atoms with Crippen LogP contribution < -0.4 is 21.1 Å². The van der Waals surface area contributed by atoms with Crippen LogP contribution in [0.5, 0.6) is 5.75 Å². The molecule has 0 saturated carbocycles. The van der Waals surface area contributed by atoms with Gasteiger partial charge in [-0.3, -0.25) is 10.1 Å². The van der Waals surface area contributed by atoms with Crippen LogP contribution in [0.15, 0.2) is 24.3 Å². The second-order valence-electron chi connectivity index (χ2n) is 3.72. The van der Waals surface area contributed by atoms with Crippen molar-refractivity contribution in [3.8, 4) is 5.75 Å². The predicted octanol–water partition coefficient (Wildman–Crippen LogP) is 0.544. The Morgan fingerprint density at radius 2 is 1.89 bits per heavy atom. The maximum atomic E-state index is 11.6. The number of ether oxygens (including phenoxy) is 1. The molecule has 1 aromatic carbocycles. The van der Waals surface area contributed by atoms with Gasteiger partial charge in [-0.15, -0.1) is 0 Å².